The molecule has 0 aromatic rings. The van der Waals surface area contributed by atoms with E-state index in [0.29, 0.717) is 0 Å². The zero-order chi connectivity index (χ0) is 11.1. The minimum atomic E-state index is 1.08. The lowest BCUT2D eigenvalue weighted by Gasteiger charge is -2.31. The highest BCUT2D eigenvalue weighted by Crippen LogP contribution is 2.27. The Kier molecular flexibility index (Phi) is 6.81. The molecule has 0 saturated carbocycles. The van der Waals surface area contributed by atoms with Crippen LogP contribution in [0.25, 0.3) is 0 Å². The van der Waals surface area contributed by atoms with E-state index in [1.807, 2.05) is 13.8 Å². The van der Waals surface area contributed by atoms with E-state index in [2.05, 4.69) is 38.0 Å². The van der Waals surface area contributed by atoms with Gasteiger partial charge >= 0.3 is 0 Å². The molecule has 0 N–H and O–H groups in total. The van der Waals surface area contributed by atoms with Crippen LogP contribution in [0, 0.1) is 0 Å². The monoisotopic (exact) mass is 213 g/mol. The molecule has 0 fully saturated rings. The number of allylic oxidation sites excluding steroid dienone is 1. The van der Waals surface area contributed by atoms with Crippen LogP contribution in [-0.4, -0.2) is 18.0 Å². The first-order valence-electron chi connectivity index (χ1n) is 5.49. The van der Waals surface area contributed by atoms with Crippen molar-refractivity contribution in [2.45, 2.75) is 40.5 Å². The van der Waals surface area contributed by atoms with E-state index < -0.39 is 0 Å². The Labute approximate surface area is 94.3 Å². The Hall–Kier alpha value is -0.370. The lowest BCUT2D eigenvalue weighted by molar-refractivity contribution is 0.346. The first kappa shape index (κ1) is 13.6. The third-order valence-electron chi connectivity index (χ3n) is 2.36. The summed E-state index contributed by atoms with van der Waals surface area (Å²) in [5, 5.41) is 0. The van der Waals surface area contributed by atoms with Crippen LogP contribution in [0.2, 0.25) is 0 Å². The molecule has 82 valence electrons. The molecular formula is C12H23NS. The molecule has 1 aliphatic rings. The zero-order valence-electron chi connectivity index (χ0n) is 9.93. The Morgan fingerprint density at radius 3 is 2.50 bits per heavy atom. The Balaban J connectivity index is 0.000000791. The van der Waals surface area contributed by atoms with Gasteiger partial charge in [0.25, 0.3) is 0 Å². The molecule has 0 bridgehead atoms. The van der Waals surface area contributed by atoms with Crippen molar-refractivity contribution < 1.29 is 0 Å². The summed E-state index contributed by atoms with van der Waals surface area (Å²) < 4.78 is 0. The molecule has 0 spiro atoms. The van der Waals surface area contributed by atoms with Gasteiger partial charge in [-0.3, -0.25) is 0 Å². The first-order valence-corrected chi connectivity index (χ1v) is 5.94. The summed E-state index contributed by atoms with van der Waals surface area (Å²) in [4.78, 5) is 3.54. The fraction of sp³-hybridized carbons (Fsp3) is 0.667. The molecule has 1 heterocycles. The van der Waals surface area contributed by atoms with E-state index in [1.165, 1.54) is 16.9 Å². The molecular weight excluding hydrogens is 190 g/mol. The van der Waals surface area contributed by atoms with Crippen LogP contribution in [0.3, 0.4) is 0 Å². The van der Waals surface area contributed by atoms with Gasteiger partial charge in [0.15, 0.2) is 0 Å². The molecule has 1 aliphatic heterocycles. The van der Waals surface area contributed by atoms with Crippen LogP contribution in [0.5, 0.6) is 0 Å². The largest absolute Gasteiger partial charge is 0.371 e. The maximum absolute atomic E-state index is 4.42. The third-order valence-corrected chi connectivity index (χ3v) is 2.92. The molecule has 2 heteroatoms. The maximum atomic E-state index is 4.42. The summed E-state index contributed by atoms with van der Waals surface area (Å²) in [6.45, 7) is 14.6. The summed E-state index contributed by atoms with van der Waals surface area (Å²) in [5.74, 6) is 0. The molecule has 0 saturated heterocycles. The molecule has 0 atom stereocenters. The maximum Gasteiger partial charge on any atom is 0.0330 e. The standard InChI is InChI=1S/C10H17NS.C2H6/c1-4-6-11-7-5-10(12)8(2)9(11)3;1-2/h12H,3-7H2,1-2H3;1-2H3. The van der Waals surface area contributed by atoms with Crippen LogP contribution < -0.4 is 0 Å². The van der Waals surface area contributed by atoms with E-state index >= 15 is 0 Å². The van der Waals surface area contributed by atoms with Crippen LogP contribution >= 0.6 is 12.6 Å². The van der Waals surface area contributed by atoms with Gasteiger partial charge in [0.1, 0.15) is 0 Å². The second-order valence-electron chi connectivity index (χ2n) is 3.26. The second-order valence-corrected chi connectivity index (χ2v) is 3.80. The van der Waals surface area contributed by atoms with Gasteiger partial charge in [-0.25, -0.2) is 0 Å². The van der Waals surface area contributed by atoms with Crippen molar-refractivity contribution in [2.75, 3.05) is 13.1 Å². The topological polar surface area (TPSA) is 3.24 Å². The van der Waals surface area contributed by atoms with Gasteiger partial charge in [-0.05, 0) is 30.2 Å². The van der Waals surface area contributed by atoms with Crippen LogP contribution in [0.1, 0.15) is 40.5 Å². The Morgan fingerprint density at radius 1 is 1.43 bits per heavy atom. The van der Waals surface area contributed by atoms with Gasteiger partial charge in [0, 0.05) is 18.8 Å². The van der Waals surface area contributed by atoms with Crippen molar-refractivity contribution in [1.82, 2.24) is 4.90 Å². The number of nitrogens with zero attached hydrogens (tertiary/aromatic N) is 1. The average Bonchev–Trinajstić information content (AvgIpc) is 2.22. The Bertz CT molecular complexity index is 218. The lowest BCUT2D eigenvalue weighted by Crippen LogP contribution is -2.28. The van der Waals surface area contributed by atoms with Crippen LogP contribution in [0.15, 0.2) is 22.8 Å². The summed E-state index contributed by atoms with van der Waals surface area (Å²) in [5.41, 5.74) is 2.42. The number of hydrogen-bond acceptors (Lipinski definition) is 2. The van der Waals surface area contributed by atoms with E-state index in [4.69, 9.17) is 0 Å². The van der Waals surface area contributed by atoms with Gasteiger partial charge in [0.2, 0.25) is 0 Å². The molecule has 14 heavy (non-hydrogen) atoms. The number of thiol groups is 1. The summed E-state index contributed by atoms with van der Waals surface area (Å²) >= 11 is 4.42. The van der Waals surface area contributed by atoms with Gasteiger partial charge in [0.05, 0.1) is 0 Å². The highest BCUT2D eigenvalue weighted by Gasteiger charge is 2.15. The lowest BCUT2D eigenvalue weighted by atomic mass is 10.1. The molecule has 0 amide bonds. The molecule has 0 aromatic heterocycles. The molecule has 1 rings (SSSR count). The normalized spacial score (nSPS) is 16.6. The van der Waals surface area contributed by atoms with Crippen molar-refractivity contribution >= 4 is 12.6 Å². The van der Waals surface area contributed by atoms with E-state index in [9.17, 15) is 0 Å². The van der Waals surface area contributed by atoms with E-state index in [-0.39, 0.29) is 0 Å². The van der Waals surface area contributed by atoms with E-state index in [0.717, 1.165) is 25.2 Å². The SMILES string of the molecule is C=C1C(C)=C(S)CCN1CCC.CC. The van der Waals surface area contributed by atoms with Crippen molar-refractivity contribution in [1.29, 1.82) is 0 Å². The molecule has 0 unspecified atom stereocenters. The van der Waals surface area contributed by atoms with Gasteiger partial charge in [-0.15, -0.1) is 12.6 Å². The van der Waals surface area contributed by atoms with Crippen molar-refractivity contribution in [3.8, 4) is 0 Å². The van der Waals surface area contributed by atoms with Gasteiger partial charge in [-0.2, -0.15) is 0 Å². The third kappa shape index (κ3) is 3.41. The predicted octanol–water partition coefficient (Wildman–Crippen LogP) is 3.85. The van der Waals surface area contributed by atoms with Gasteiger partial charge < -0.3 is 4.90 Å². The summed E-state index contributed by atoms with van der Waals surface area (Å²) in [6, 6.07) is 0. The average molecular weight is 213 g/mol. The quantitative estimate of drug-likeness (QED) is 0.682. The minimum Gasteiger partial charge on any atom is -0.371 e. The minimum absolute atomic E-state index is 1.08. The second kappa shape index (κ2) is 6.99. The van der Waals surface area contributed by atoms with Crippen LogP contribution in [-0.2, 0) is 0 Å². The fourth-order valence-corrected chi connectivity index (χ4v) is 1.71. The van der Waals surface area contributed by atoms with Crippen LogP contribution in [0.4, 0.5) is 0 Å². The number of hydrogen-bond donors (Lipinski definition) is 1. The zero-order valence-corrected chi connectivity index (χ0v) is 10.8. The summed E-state index contributed by atoms with van der Waals surface area (Å²) in [6.07, 6.45) is 2.27. The predicted molar refractivity (Wildman–Crippen MR) is 68.7 cm³/mol. The highest BCUT2D eigenvalue weighted by atomic mass is 32.1. The smallest absolute Gasteiger partial charge is 0.0330 e. The molecule has 0 aromatic carbocycles. The van der Waals surface area contributed by atoms with Crippen molar-refractivity contribution in [3.05, 3.63) is 22.8 Å². The molecule has 1 nitrogen and oxygen atoms in total. The Morgan fingerprint density at radius 2 is 2.00 bits per heavy atom. The van der Waals surface area contributed by atoms with E-state index in [1.54, 1.807) is 0 Å². The number of rotatable bonds is 2. The molecule has 0 radical (unpaired) electrons. The van der Waals surface area contributed by atoms with Crippen molar-refractivity contribution in [2.24, 2.45) is 0 Å². The van der Waals surface area contributed by atoms with Gasteiger partial charge in [-0.1, -0.05) is 27.4 Å². The fourth-order valence-electron chi connectivity index (χ4n) is 1.48. The summed E-state index contributed by atoms with van der Waals surface area (Å²) in [7, 11) is 0. The first-order chi connectivity index (χ1) is 6.66. The highest BCUT2D eigenvalue weighted by molar-refractivity contribution is 7.84. The van der Waals surface area contributed by atoms with Crippen molar-refractivity contribution in [3.63, 3.8) is 0 Å². The molecule has 0 aliphatic carbocycles.